The first-order valence-corrected chi connectivity index (χ1v) is 6.01. The molecule has 3 amide bonds. The molecule has 3 saturated heterocycles. The number of nitrogens with one attached hydrogen (secondary N) is 2. The van der Waals surface area contributed by atoms with Gasteiger partial charge in [-0.25, -0.2) is 0 Å². The Morgan fingerprint density at radius 3 is 2.53 bits per heavy atom. The average Bonchev–Trinajstić information content (AvgIpc) is 2.52. The second-order valence-corrected chi connectivity index (χ2v) is 4.99. The maximum absolute atomic E-state index is 12.0. The van der Waals surface area contributed by atoms with Gasteiger partial charge in [0.15, 0.2) is 0 Å². The van der Waals surface area contributed by atoms with Crippen LogP contribution in [0.15, 0.2) is 0 Å². The van der Waals surface area contributed by atoms with Gasteiger partial charge in [-0.15, -0.1) is 0 Å². The molecule has 6 heteroatoms. The second kappa shape index (κ2) is 3.80. The van der Waals surface area contributed by atoms with Crippen LogP contribution in [0.3, 0.4) is 0 Å². The van der Waals surface area contributed by atoms with Crippen LogP contribution in [0.1, 0.15) is 6.42 Å². The predicted octanol–water partition coefficient (Wildman–Crippen LogP) is -1.67. The molecule has 0 aliphatic carbocycles. The van der Waals surface area contributed by atoms with Crippen LogP contribution in [0.2, 0.25) is 0 Å². The summed E-state index contributed by atoms with van der Waals surface area (Å²) in [6.07, 6.45) is 0.605. The number of likely N-dealkylation sites (tertiary alicyclic amines) is 1. The van der Waals surface area contributed by atoms with Crippen molar-refractivity contribution in [3.63, 3.8) is 0 Å². The Morgan fingerprint density at radius 1 is 1.18 bits per heavy atom. The lowest BCUT2D eigenvalue weighted by Gasteiger charge is -2.37. The average molecular weight is 237 g/mol. The Balaban J connectivity index is 1.69. The zero-order valence-electron chi connectivity index (χ0n) is 9.44. The highest BCUT2D eigenvalue weighted by molar-refractivity contribution is 6.05. The molecule has 17 heavy (non-hydrogen) atoms. The number of rotatable bonds is 1. The van der Waals surface area contributed by atoms with Gasteiger partial charge < -0.3 is 10.2 Å². The molecule has 2 N–H and O–H groups in total. The summed E-state index contributed by atoms with van der Waals surface area (Å²) >= 11 is 0. The summed E-state index contributed by atoms with van der Waals surface area (Å²) in [5.41, 5.74) is 0. The topological polar surface area (TPSA) is 78.5 Å². The first kappa shape index (κ1) is 10.7. The van der Waals surface area contributed by atoms with E-state index < -0.39 is 0 Å². The highest BCUT2D eigenvalue weighted by atomic mass is 16.2. The van der Waals surface area contributed by atoms with E-state index >= 15 is 0 Å². The summed E-state index contributed by atoms with van der Waals surface area (Å²) < 4.78 is 0. The van der Waals surface area contributed by atoms with E-state index in [0.29, 0.717) is 19.5 Å². The van der Waals surface area contributed by atoms with E-state index in [1.807, 2.05) is 0 Å². The summed E-state index contributed by atoms with van der Waals surface area (Å²) in [5, 5.41) is 5.41. The van der Waals surface area contributed by atoms with Crippen LogP contribution in [0.25, 0.3) is 0 Å². The van der Waals surface area contributed by atoms with Gasteiger partial charge in [0.05, 0.1) is 17.8 Å². The van der Waals surface area contributed by atoms with Crippen LogP contribution in [0.5, 0.6) is 0 Å². The van der Waals surface area contributed by atoms with Crippen molar-refractivity contribution in [1.82, 2.24) is 15.5 Å². The summed E-state index contributed by atoms with van der Waals surface area (Å²) in [5.74, 6) is -0.748. The van der Waals surface area contributed by atoms with Crippen molar-refractivity contribution < 1.29 is 14.4 Å². The molecule has 3 aliphatic rings. The van der Waals surface area contributed by atoms with Gasteiger partial charge in [-0.2, -0.15) is 0 Å². The van der Waals surface area contributed by atoms with Gasteiger partial charge in [-0.05, 0) is 6.42 Å². The molecule has 3 heterocycles. The molecule has 3 fully saturated rings. The fourth-order valence-corrected chi connectivity index (χ4v) is 2.76. The molecule has 92 valence electrons. The molecule has 0 bridgehead atoms. The molecule has 0 aromatic heterocycles. The maximum atomic E-state index is 12.0. The van der Waals surface area contributed by atoms with Crippen LogP contribution < -0.4 is 10.6 Å². The number of hydrogen-bond donors (Lipinski definition) is 2. The van der Waals surface area contributed by atoms with E-state index in [1.54, 1.807) is 4.90 Å². The van der Waals surface area contributed by atoms with Crippen molar-refractivity contribution in [3.8, 4) is 0 Å². The Kier molecular flexibility index (Phi) is 2.39. The first-order valence-electron chi connectivity index (χ1n) is 6.01. The molecule has 0 saturated carbocycles. The van der Waals surface area contributed by atoms with Gasteiger partial charge >= 0.3 is 0 Å². The molecule has 0 spiro atoms. The molecule has 0 aromatic rings. The lowest BCUT2D eigenvalue weighted by Crippen LogP contribution is -2.55. The maximum Gasteiger partial charge on any atom is 0.232 e. The van der Waals surface area contributed by atoms with Crippen LogP contribution in [0, 0.1) is 17.8 Å². The van der Waals surface area contributed by atoms with E-state index in [1.165, 1.54) is 0 Å². The van der Waals surface area contributed by atoms with Crippen LogP contribution in [0.4, 0.5) is 0 Å². The number of nitrogens with zero attached hydrogens (tertiary/aromatic N) is 1. The number of carbonyl (C=O) groups excluding carboxylic acids is 3. The molecule has 3 rings (SSSR count). The van der Waals surface area contributed by atoms with Crippen molar-refractivity contribution in [2.24, 2.45) is 17.8 Å². The lowest BCUT2D eigenvalue weighted by molar-refractivity contribution is -0.141. The molecular formula is C11H15N3O3. The number of carbonyl (C=O) groups is 3. The Labute approximate surface area is 98.7 Å². The van der Waals surface area contributed by atoms with Gasteiger partial charge in [0, 0.05) is 26.2 Å². The first-order chi connectivity index (χ1) is 8.16. The van der Waals surface area contributed by atoms with Gasteiger partial charge in [0.2, 0.25) is 17.7 Å². The third-order valence-corrected chi connectivity index (χ3v) is 3.98. The smallest absolute Gasteiger partial charge is 0.232 e. The van der Waals surface area contributed by atoms with Crippen molar-refractivity contribution in [1.29, 1.82) is 0 Å². The van der Waals surface area contributed by atoms with E-state index in [-0.39, 0.29) is 35.5 Å². The number of hydrogen-bond acceptors (Lipinski definition) is 4. The Morgan fingerprint density at radius 2 is 1.88 bits per heavy atom. The van der Waals surface area contributed by atoms with Crippen molar-refractivity contribution >= 4 is 17.7 Å². The summed E-state index contributed by atoms with van der Waals surface area (Å²) in [7, 11) is 0. The van der Waals surface area contributed by atoms with E-state index in [9.17, 15) is 14.4 Å². The van der Waals surface area contributed by atoms with E-state index in [0.717, 1.165) is 13.1 Å². The zero-order chi connectivity index (χ0) is 12.0. The molecule has 0 radical (unpaired) electrons. The van der Waals surface area contributed by atoms with Crippen LogP contribution in [-0.2, 0) is 14.4 Å². The molecule has 0 unspecified atom stereocenters. The van der Waals surface area contributed by atoms with Crippen molar-refractivity contribution in [2.45, 2.75) is 6.42 Å². The molecule has 0 aromatic carbocycles. The van der Waals surface area contributed by atoms with Gasteiger partial charge in [-0.3, -0.25) is 19.7 Å². The standard InChI is InChI=1S/C11H15N3O3/c15-9-7-1-2-14(5-8(7)10(16)13-9)11(17)6-3-12-4-6/h6-8,12H,1-5H2,(H,13,15,16)/t7-,8+/m1/s1. The Hall–Kier alpha value is -1.43. The number of piperidine rings is 1. The van der Waals surface area contributed by atoms with Crippen LogP contribution in [-0.4, -0.2) is 48.8 Å². The van der Waals surface area contributed by atoms with E-state index in [2.05, 4.69) is 10.6 Å². The van der Waals surface area contributed by atoms with Gasteiger partial charge in [0.25, 0.3) is 0 Å². The SMILES string of the molecule is O=C1NC(=O)[C@@H]2CCN(C(=O)C3CNC3)C[C@H]12. The van der Waals surface area contributed by atoms with Crippen molar-refractivity contribution in [3.05, 3.63) is 0 Å². The normalized spacial score (nSPS) is 33.1. The second-order valence-electron chi connectivity index (χ2n) is 4.99. The number of amides is 3. The predicted molar refractivity (Wildman–Crippen MR) is 57.7 cm³/mol. The minimum absolute atomic E-state index is 0.0618. The molecular weight excluding hydrogens is 222 g/mol. The minimum Gasteiger partial charge on any atom is -0.342 e. The fraction of sp³-hybridized carbons (Fsp3) is 0.727. The minimum atomic E-state index is -0.326. The van der Waals surface area contributed by atoms with Crippen LogP contribution >= 0.6 is 0 Å². The number of fused-ring (bicyclic) bond motifs is 1. The third kappa shape index (κ3) is 1.63. The number of imide groups is 1. The highest BCUT2D eigenvalue weighted by Crippen LogP contribution is 2.29. The zero-order valence-corrected chi connectivity index (χ0v) is 9.44. The third-order valence-electron chi connectivity index (χ3n) is 3.98. The summed E-state index contributed by atoms with van der Waals surface area (Å²) in [6, 6.07) is 0. The van der Waals surface area contributed by atoms with E-state index in [4.69, 9.17) is 0 Å². The van der Waals surface area contributed by atoms with Crippen molar-refractivity contribution in [2.75, 3.05) is 26.2 Å². The monoisotopic (exact) mass is 237 g/mol. The molecule has 3 aliphatic heterocycles. The highest BCUT2D eigenvalue weighted by Gasteiger charge is 2.46. The van der Waals surface area contributed by atoms with Gasteiger partial charge in [-0.1, -0.05) is 0 Å². The molecule has 2 atom stereocenters. The summed E-state index contributed by atoms with van der Waals surface area (Å²) in [4.78, 5) is 36.8. The largest absolute Gasteiger partial charge is 0.342 e. The fourth-order valence-electron chi connectivity index (χ4n) is 2.76. The lowest BCUT2D eigenvalue weighted by atomic mass is 9.87. The van der Waals surface area contributed by atoms with Gasteiger partial charge in [0.1, 0.15) is 0 Å². The Bertz CT molecular complexity index is 391. The summed E-state index contributed by atoms with van der Waals surface area (Å²) in [6.45, 7) is 2.46. The quantitative estimate of drug-likeness (QED) is 0.534. The molecule has 6 nitrogen and oxygen atoms in total.